The van der Waals surface area contributed by atoms with Crippen LogP contribution < -0.4 is 4.74 Å². The second-order valence-corrected chi connectivity index (χ2v) is 19.8. The van der Waals surface area contributed by atoms with Gasteiger partial charge in [0.25, 0.3) is 5.88 Å². The monoisotopic (exact) mass is 686 g/mol. The SMILES string of the molecule is Cc1c(/C=C/C=O)cc(F)c2c1C(=O)C1=C(O)[C@]3(O[Si](C)(C)C(C)(C)C)C(=O)c4c(OCc5ccccc5)noc4[C@@H](N(C)C)[C@@H]3C[C@@H]1C2. The number of hydrogen-bond donors (Lipinski definition) is 1. The van der Waals surface area contributed by atoms with Crippen LogP contribution in [0.25, 0.3) is 6.08 Å². The smallest absolute Gasteiger partial charge is 0.265 e. The molecule has 0 saturated heterocycles. The molecule has 1 heterocycles. The van der Waals surface area contributed by atoms with Gasteiger partial charge in [0.1, 0.15) is 30.0 Å². The molecule has 11 heteroatoms. The highest BCUT2D eigenvalue weighted by molar-refractivity contribution is 6.74. The molecular weight excluding hydrogens is 644 g/mol. The van der Waals surface area contributed by atoms with Crippen LogP contribution in [-0.4, -0.2) is 61.0 Å². The Kier molecular flexibility index (Phi) is 8.70. The number of halogens is 1. The Morgan fingerprint density at radius 2 is 1.86 bits per heavy atom. The lowest BCUT2D eigenvalue weighted by molar-refractivity contribution is -0.104. The molecule has 0 fully saturated rings. The van der Waals surface area contributed by atoms with Crippen molar-refractivity contribution in [2.24, 2.45) is 11.8 Å². The molecule has 6 rings (SSSR count). The third-order valence-electron chi connectivity index (χ3n) is 10.9. The summed E-state index contributed by atoms with van der Waals surface area (Å²) in [6.45, 7) is 11.9. The van der Waals surface area contributed by atoms with Crippen molar-refractivity contribution in [3.63, 3.8) is 0 Å². The van der Waals surface area contributed by atoms with E-state index in [1.807, 2.05) is 83.2 Å². The number of benzene rings is 2. The number of carbonyl (C=O) groups excluding carboxylic acids is 3. The maximum Gasteiger partial charge on any atom is 0.265 e. The molecule has 9 nitrogen and oxygen atoms in total. The summed E-state index contributed by atoms with van der Waals surface area (Å²) < 4.78 is 34.9. The molecule has 3 aromatic rings. The zero-order valence-corrected chi connectivity index (χ0v) is 30.2. The van der Waals surface area contributed by atoms with Gasteiger partial charge in [-0.2, -0.15) is 0 Å². The van der Waals surface area contributed by atoms with Crippen LogP contribution in [0.1, 0.15) is 82.0 Å². The predicted octanol–water partition coefficient (Wildman–Crippen LogP) is 7.36. The van der Waals surface area contributed by atoms with Gasteiger partial charge in [0.2, 0.25) is 5.78 Å². The molecule has 0 amide bonds. The first-order chi connectivity index (χ1) is 23.0. The number of carbonyl (C=O) groups is 3. The first-order valence-electron chi connectivity index (χ1n) is 16.5. The van der Waals surface area contributed by atoms with Crippen molar-refractivity contribution in [1.29, 1.82) is 0 Å². The number of aliphatic hydroxyl groups excluding tert-OH is 1. The molecule has 0 unspecified atom stereocenters. The van der Waals surface area contributed by atoms with Crippen molar-refractivity contribution < 1.29 is 37.6 Å². The van der Waals surface area contributed by atoms with E-state index in [0.717, 1.165) is 5.56 Å². The number of nitrogens with zero attached hydrogens (tertiary/aromatic N) is 2. The number of aldehydes is 1. The van der Waals surface area contributed by atoms with Gasteiger partial charge in [-0.25, -0.2) is 4.39 Å². The van der Waals surface area contributed by atoms with E-state index < -0.39 is 54.9 Å². The first kappa shape index (κ1) is 34.7. The number of allylic oxidation sites excluding steroid dienone is 2. The van der Waals surface area contributed by atoms with Crippen LogP contribution in [0.2, 0.25) is 18.1 Å². The van der Waals surface area contributed by atoms with Crippen LogP contribution >= 0.6 is 0 Å². The number of aliphatic hydroxyl groups is 1. The number of ketones is 2. The molecule has 1 N–H and O–H groups in total. The maximum atomic E-state index is 15.7. The minimum absolute atomic E-state index is 0.0166. The lowest BCUT2D eigenvalue weighted by Gasteiger charge is -2.55. The van der Waals surface area contributed by atoms with Crippen molar-refractivity contribution in [1.82, 2.24) is 10.1 Å². The van der Waals surface area contributed by atoms with Crippen molar-refractivity contribution in [2.45, 2.75) is 76.9 Å². The average molecular weight is 687 g/mol. The van der Waals surface area contributed by atoms with E-state index in [1.165, 1.54) is 18.2 Å². The van der Waals surface area contributed by atoms with Gasteiger partial charge in [-0.15, -0.1) is 0 Å². The number of rotatable bonds is 8. The molecule has 0 bridgehead atoms. The lowest BCUT2D eigenvalue weighted by Crippen LogP contribution is -2.65. The van der Waals surface area contributed by atoms with Gasteiger partial charge in [-0.05, 0) is 97.5 Å². The summed E-state index contributed by atoms with van der Waals surface area (Å²) in [4.78, 5) is 42.8. The number of Topliss-reactive ketones (excluding diaryl/α,β-unsaturated/α-hetero) is 2. The van der Waals surface area contributed by atoms with E-state index in [9.17, 15) is 14.7 Å². The Labute approximate surface area is 286 Å². The second-order valence-electron chi connectivity index (χ2n) is 15.1. The minimum Gasteiger partial charge on any atom is -0.508 e. The van der Waals surface area contributed by atoms with Crippen LogP contribution in [-0.2, 0) is 22.2 Å². The van der Waals surface area contributed by atoms with Crippen molar-refractivity contribution >= 4 is 32.2 Å². The first-order valence-corrected chi connectivity index (χ1v) is 19.5. The maximum absolute atomic E-state index is 15.7. The van der Waals surface area contributed by atoms with E-state index in [2.05, 4.69) is 5.16 Å². The van der Waals surface area contributed by atoms with Crippen LogP contribution in [0.15, 0.2) is 58.3 Å². The van der Waals surface area contributed by atoms with Gasteiger partial charge in [0, 0.05) is 17.1 Å². The standard InChI is InChI=1S/C38H43FN2O7Si/c1-21-23(15-12-16-42)19-27(39)25-17-24-18-26-31(41(5)6)33-30(36(40-47-33)46-20-22-13-10-9-11-14-22)35(45)38(26,48-49(7,8)37(2,3)4)34(44)29(24)32(43)28(21)25/h9-16,19,24,26,31,44H,17-18,20H2,1-8H3/b15-12+/t24-,26-,31-,38-/m0/s1. The molecule has 49 heavy (non-hydrogen) atoms. The van der Waals surface area contributed by atoms with Gasteiger partial charge in [-0.1, -0.05) is 57.2 Å². The number of hydrogen-bond acceptors (Lipinski definition) is 9. The number of ether oxygens (including phenoxy) is 1. The summed E-state index contributed by atoms with van der Waals surface area (Å²) in [5.74, 6) is -3.17. The molecule has 4 atom stereocenters. The molecule has 3 aliphatic carbocycles. The van der Waals surface area contributed by atoms with Crippen LogP contribution in [0.4, 0.5) is 4.39 Å². The van der Waals surface area contributed by atoms with E-state index in [1.54, 1.807) is 6.92 Å². The zero-order chi connectivity index (χ0) is 35.6. The Morgan fingerprint density at radius 1 is 1.16 bits per heavy atom. The molecule has 0 aliphatic heterocycles. The van der Waals surface area contributed by atoms with Gasteiger partial charge >= 0.3 is 0 Å². The summed E-state index contributed by atoms with van der Waals surface area (Å²) in [5.41, 5.74) is 0.271. The third kappa shape index (κ3) is 5.42. The van der Waals surface area contributed by atoms with Gasteiger partial charge in [-0.3, -0.25) is 19.3 Å². The Bertz CT molecular complexity index is 1910. The molecule has 0 radical (unpaired) electrons. The lowest BCUT2D eigenvalue weighted by atomic mass is 9.58. The second kappa shape index (κ2) is 12.3. The molecule has 258 valence electrons. The summed E-state index contributed by atoms with van der Waals surface area (Å²) in [6.07, 6.45) is 3.65. The van der Waals surface area contributed by atoms with E-state index in [0.29, 0.717) is 23.2 Å². The van der Waals surface area contributed by atoms with E-state index >= 15 is 9.18 Å². The third-order valence-corrected chi connectivity index (χ3v) is 15.4. The van der Waals surface area contributed by atoms with Crippen LogP contribution in [0, 0.1) is 24.6 Å². The molecule has 1 aromatic heterocycles. The summed E-state index contributed by atoms with van der Waals surface area (Å²) in [7, 11) is 0.821. The zero-order valence-electron chi connectivity index (χ0n) is 29.2. The quantitative estimate of drug-likeness (QED) is 0.147. The van der Waals surface area contributed by atoms with E-state index in [-0.39, 0.29) is 52.6 Å². The minimum atomic E-state index is -2.88. The summed E-state index contributed by atoms with van der Waals surface area (Å²) in [5, 5.41) is 16.5. The van der Waals surface area contributed by atoms with Crippen molar-refractivity contribution in [3.05, 3.63) is 98.8 Å². The summed E-state index contributed by atoms with van der Waals surface area (Å²) in [6, 6.07) is 10.2. The van der Waals surface area contributed by atoms with Crippen LogP contribution in [0.3, 0.4) is 0 Å². The number of fused-ring (bicyclic) bond motifs is 4. The fourth-order valence-electron chi connectivity index (χ4n) is 7.50. The number of aromatic nitrogens is 1. The summed E-state index contributed by atoms with van der Waals surface area (Å²) >= 11 is 0. The highest BCUT2D eigenvalue weighted by Crippen LogP contribution is 2.59. The fraction of sp³-hybridized carbons (Fsp3) is 0.421. The fourth-order valence-corrected chi connectivity index (χ4v) is 8.95. The van der Waals surface area contributed by atoms with Crippen molar-refractivity contribution in [3.8, 4) is 5.88 Å². The van der Waals surface area contributed by atoms with Crippen LogP contribution in [0.5, 0.6) is 5.88 Å². The molecule has 0 saturated carbocycles. The molecular formula is C38H43FN2O7Si. The average Bonchev–Trinajstić information content (AvgIpc) is 3.45. The van der Waals surface area contributed by atoms with Gasteiger partial charge in [0.15, 0.2) is 25.5 Å². The predicted molar refractivity (Wildman–Crippen MR) is 185 cm³/mol. The van der Waals surface area contributed by atoms with Gasteiger partial charge in [0.05, 0.1) is 6.04 Å². The highest BCUT2D eigenvalue weighted by atomic mass is 28.4. The van der Waals surface area contributed by atoms with Gasteiger partial charge < -0.3 is 18.8 Å². The highest BCUT2D eigenvalue weighted by Gasteiger charge is 2.67. The molecule has 0 spiro atoms. The topological polar surface area (TPSA) is 119 Å². The molecule has 3 aliphatic rings. The Balaban J connectivity index is 1.59. The van der Waals surface area contributed by atoms with E-state index in [4.69, 9.17) is 13.7 Å². The Hall–Kier alpha value is -4.19. The Morgan fingerprint density at radius 3 is 2.49 bits per heavy atom. The normalized spacial score (nSPS) is 23.8. The van der Waals surface area contributed by atoms with Crippen molar-refractivity contribution in [2.75, 3.05) is 14.1 Å². The molecule has 2 aromatic carbocycles. The largest absolute Gasteiger partial charge is 0.508 e.